The first-order valence-corrected chi connectivity index (χ1v) is 4.84. The fourth-order valence-corrected chi connectivity index (χ4v) is 1.18. The molecule has 0 saturated heterocycles. The van der Waals surface area contributed by atoms with Crippen LogP contribution in [0.25, 0.3) is 0 Å². The number of hydrogen-bond donors (Lipinski definition) is 3. The van der Waals surface area contributed by atoms with E-state index in [0.29, 0.717) is 10.7 Å². The van der Waals surface area contributed by atoms with Crippen molar-refractivity contribution in [3.63, 3.8) is 0 Å². The van der Waals surface area contributed by atoms with E-state index in [-0.39, 0.29) is 5.82 Å². The SMILES string of the molecule is Fc1ccc(/C=N\Nc2nc(=S)[nH][nH]2)cc1. The smallest absolute Gasteiger partial charge is 0.238 e. The average Bonchev–Trinajstić information content (AvgIpc) is 2.67. The summed E-state index contributed by atoms with van der Waals surface area (Å²) >= 11 is 4.76. The normalized spacial score (nSPS) is 10.8. The summed E-state index contributed by atoms with van der Waals surface area (Å²) in [7, 11) is 0. The number of H-pyrrole nitrogens is 2. The summed E-state index contributed by atoms with van der Waals surface area (Å²) in [4.78, 5) is 3.87. The molecular formula is C9H8FN5S. The highest BCUT2D eigenvalue weighted by molar-refractivity contribution is 7.71. The highest BCUT2D eigenvalue weighted by atomic mass is 32.1. The van der Waals surface area contributed by atoms with E-state index in [4.69, 9.17) is 12.2 Å². The Kier molecular flexibility index (Phi) is 3.06. The predicted molar refractivity (Wildman–Crippen MR) is 61.4 cm³/mol. The summed E-state index contributed by atoms with van der Waals surface area (Å²) in [6.07, 6.45) is 1.55. The molecule has 2 rings (SSSR count). The zero-order chi connectivity index (χ0) is 11.4. The zero-order valence-electron chi connectivity index (χ0n) is 8.07. The topological polar surface area (TPSA) is 68.9 Å². The number of aromatic amines is 2. The van der Waals surface area contributed by atoms with Gasteiger partial charge in [0.25, 0.3) is 0 Å². The van der Waals surface area contributed by atoms with Crippen molar-refractivity contribution in [1.82, 2.24) is 15.2 Å². The quantitative estimate of drug-likeness (QED) is 0.435. The lowest BCUT2D eigenvalue weighted by molar-refractivity contribution is 0.628. The molecule has 0 radical (unpaired) electrons. The summed E-state index contributed by atoms with van der Waals surface area (Å²) < 4.78 is 12.9. The van der Waals surface area contributed by atoms with Crippen LogP contribution in [0.5, 0.6) is 0 Å². The fraction of sp³-hybridized carbons (Fsp3) is 0. The molecular weight excluding hydrogens is 229 g/mol. The molecule has 0 aliphatic heterocycles. The predicted octanol–water partition coefficient (Wildman–Crippen LogP) is 2.05. The first-order valence-electron chi connectivity index (χ1n) is 4.43. The third-order valence-electron chi connectivity index (χ3n) is 1.76. The van der Waals surface area contributed by atoms with Crippen LogP contribution in [-0.4, -0.2) is 21.4 Å². The minimum absolute atomic E-state index is 0.276. The number of nitrogens with one attached hydrogen (secondary N) is 3. The molecule has 0 spiro atoms. The van der Waals surface area contributed by atoms with Gasteiger partial charge in [-0.3, -0.25) is 10.2 Å². The van der Waals surface area contributed by atoms with Gasteiger partial charge >= 0.3 is 0 Å². The summed E-state index contributed by atoms with van der Waals surface area (Å²) in [6.45, 7) is 0. The number of aromatic nitrogens is 3. The molecule has 1 aromatic carbocycles. The minimum atomic E-state index is -0.276. The van der Waals surface area contributed by atoms with Crippen molar-refractivity contribution in [2.75, 3.05) is 5.43 Å². The Hall–Kier alpha value is -2.02. The number of hydrogen-bond acceptors (Lipinski definition) is 4. The number of nitrogens with zero attached hydrogens (tertiary/aromatic N) is 2. The maximum absolute atomic E-state index is 12.6. The molecule has 1 heterocycles. The number of benzene rings is 1. The maximum atomic E-state index is 12.6. The fourth-order valence-electron chi connectivity index (χ4n) is 1.04. The second-order valence-electron chi connectivity index (χ2n) is 2.94. The van der Waals surface area contributed by atoms with E-state index in [1.807, 2.05) is 0 Å². The Balaban J connectivity index is 1.99. The van der Waals surface area contributed by atoms with Gasteiger partial charge < -0.3 is 0 Å². The van der Waals surface area contributed by atoms with Gasteiger partial charge in [0.1, 0.15) is 5.82 Å². The van der Waals surface area contributed by atoms with Crippen molar-refractivity contribution in [2.45, 2.75) is 0 Å². The molecule has 0 fully saturated rings. The van der Waals surface area contributed by atoms with Gasteiger partial charge in [-0.2, -0.15) is 10.1 Å². The molecule has 2 aromatic rings. The van der Waals surface area contributed by atoms with Crippen molar-refractivity contribution in [2.24, 2.45) is 5.10 Å². The Morgan fingerprint density at radius 2 is 2.06 bits per heavy atom. The molecule has 0 aliphatic rings. The number of halogens is 1. The average molecular weight is 237 g/mol. The first-order chi connectivity index (χ1) is 7.74. The number of hydrazone groups is 1. The van der Waals surface area contributed by atoms with Crippen LogP contribution < -0.4 is 5.43 Å². The third-order valence-corrected chi connectivity index (χ3v) is 1.95. The van der Waals surface area contributed by atoms with Crippen LogP contribution in [0.1, 0.15) is 5.56 Å². The monoisotopic (exact) mass is 237 g/mol. The molecule has 0 atom stereocenters. The molecule has 3 N–H and O–H groups in total. The van der Waals surface area contributed by atoms with Gasteiger partial charge in [-0.05, 0) is 29.9 Å². The van der Waals surface area contributed by atoms with Gasteiger partial charge in [-0.25, -0.2) is 9.82 Å². The van der Waals surface area contributed by atoms with Gasteiger partial charge in [0.05, 0.1) is 6.21 Å². The van der Waals surface area contributed by atoms with Crippen molar-refractivity contribution in [3.05, 3.63) is 40.4 Å². The molecule has 5 nitrogen and oxygen atoms in total. The molecule has 0 saturated carbocycles. The Labute approximate surface area is 95.4 Å². The molecule has 7 heteroatoms. The van der Waals surface area contributed by atoms with Gasteiger partial charge in [0, 0.05) is 0 Å². The van der Waals surface area contributed by atoms with Gasteiger partial charge in [0.15, 0.2) is 0 Å². The van der Waals surface area contributed by atoms with Gasteiger partial charge in [0.2, 0.25) is 10.7 Å². The van der Waals surface area contributed by atoms with E-state index >= 15 is 0 Å². The lowest BCUT2D eigenvalue weighted by Gasteiger charge is -1.93. The van der Waals surface area contributed by atoms with E-state index in [1.54, 1.807) is 18.3 Å². The first kappa shape index (κ1) is 10.5. The van der Waals surface area contributed by atoms with Crippen molar-refractivity contribution < 1.29 is 4.39 Å². The molecule has 16 heavy (non-hydrogen) atoms. The van der Waals surface area contributed by atoms with E-state index in [1.165, 1.54) is 12.1 Å². The highest BCUT2D eigenvalue weighted by Gasteiger charge is 1.92. The van der Waals surface area contributed by atoms with Crippen LogP contribution in [-0.2, 0) is 0 Å². The lowest BCUT2D eigenvalue weighted by Crippen LogP contribution is -1.92. The van der Waals surface area contributed by atoms with E-state index < -0.39 is 0 Å². The third kappa shape index (κ3) is 2.74. The molecule has 0 unspecified atom stereocenters. The summed E-state index contributed by atoms with van der Waals surface area (Å²) in [6, 6.07) is 5.97. The molecule has 0 bridgehead atoms. The van der Waals surface area contributed by atoms with Crippen LogP contribution in [0.4, 0.5) is 10.3 Å². The molecule has 82 valence electrons. The molecule has 1 aromatic heterocycles. The minimum Gasteiger partial charge on any atom is -0.272 e. The Bertz CT molecular complexity index is 542. The van der Waals surface area contributed by atoms with E-state index in [2.05, 4.69) is 25.7 Å². The van der Waals surface area contributed by atoms with Crippen LogP contribution in [0.3, 0.4) is 0 Å². The highest BCUT2D eigenvalue weighted by Crippen LogP contribution is 2.00. The Morgan fingerprint density at radius 3 is 2.69 bits per heavy atom. The number of anilines is 1. The maximum Gasteiger partial charge on any atom is 0.238 e. The van der Waals surface area contributed by atoms with Crippen molar-refractivity contribution in [1.29, 1.82) is 0 Å². The summed E-state index contributed by atoms with van der Waals surface area (Å²) in [5.74, 6) is 0.143. The van der Waals surface area contributed by atoms with Crippen LogP contribution in [0.2, 0.25) is 0 Å². The summed E-state index contributed by atoms with van der Waals surface area (Å²) in [5, 5.41) is 9.19. The second kappa shape index (κ2) is 4.67. The van der Waals surface area contributed by atoms with E-state index in [0.717, 1.165) is 5.56 Å². The molecule has 0 aliphatic carbocycles. The zero-order valence-corrected chi connectivity index (χ0v) is 8.88. The van der Waals surface area contributed by atoms with Gasteiger partial charge in [-0.1, -0.05) is 12.1 Å². The second-order valence-corrected chi connectivity index (χ2v) is 3.32. The standard InChI is InChI=1S/C9H8FN5S/c10-7-3-1-6(2-4-7)5-11-13-8-12-9(16)15-14-8/h1-5H,(H3,12,13,14,15,16)/b11-5-. The van der Waals surface area contributed by atoms with Gasteiger partial charge in [-0.15, -0.1) is 0 Å². The van der Waals surface area contributed by atoms with E-state index in [9.17, 15) is 4.39 Å². The van der Waals surface area contributed by atoms with Crippen molar-refractivity contribution in [3.8, 4) is 0 Å². The Morgan fingerprint density at radius 1 is 1.31 bits per heavy atom. The number of rotatable bonds is 3. The van der Waals surface area contributed by atoms with Crippen molar-refractivity contribution >= 4 is 24.4 Å². The lowest BCUT2D eigenvalue weighted by atomic mass is 10.2. The largest absolute Gasteiger partial charge is 0.272 e. The van der Waals surface area contributed by atoms with Crippen LogP contribution in [0.15, 0.2) is 29.4 Å². The summed E-state index contributed by atoms with van der Waals surface area (Å²) in [5.41, 5.74) is 3.42. The van der Waals surface area contributed by atoms with Crippen LogP contribution >= 0.6 is 12.2 Å². The van der Waals surface area contributed by atoms with Crippen LogP contribution in [0, 0.1) is 10.6 Å². The molecule has 0 amide bonds.